The van der Waals surface area contributed by atoms with Crippen LogP contribution in [0.2, 0.25) is 0 Å². The molecule has 1 saturated heterocycles. The van der Waals surface area contributed by atoms with Crippen LogP contribution in [0, 0.1) is 16.7 Å². The zero-order chi connectivity index (χ0) is 8.23. The van der Waals surface area contributed by atoms with Gasteiger partial charge in [0.05, 0.1) is 0 Å². The lowest BCUT2D eigenvalue weighted by Gasteiger charge is -2.33. The molecule has 0 bridgehead atoms. The molecule has 0 aromatic carbocycles. The summed E-state index contributed by atoms with van der Waals surface area (Å²) in [6, 6.07) is 0. The first-order valence-corrected chi connectivity index (χ1v) is 5.48. The Kier molecular flexibility index (Phi) is 1.27. The van der Waals surface area contributed by atoms with Crippen molar-refractivity contribution in [3.63, 3.8) is 0 Å². The molecule has 1 aliphatic heterocycles. The lowest BCUT2D eigenvalue weighted by Crippen LogP contribution is -2.32. The fourth-order valence-corrected chi connectivity index (χ4v) is 3.96. The molecule has 12 heavy (non-hydrogen) atoms. The highest BCUT2D eigenvalue weighted by molar-refractivity contribution is 5.17. The zero-order valence-corrected chi connectivity index (χ0v) is 8.03. The SMILES string of the molecule is CC12CCCNCC13CC3CC2. The first-order valence-electron chi connectivity index (χ1n) is 5.48. The lowest BCUT2D eigenvalue weighted by molar-refractivity contribution is 0.175. The number of rotatable bonds is 0. The summed E-state index contributed by atoms with van der Waals surface area (Å²) in [4.78, 5) is 0. The molecule has 3 unspecified atom stereocenters. The maximum atomic E-state index is 3.63. The summed E-state index contributed by atoms with van der Waals surface area (Å²) < 4.78 is 0. The summed E-state index contributed by atoms with van der Waals surface area (Å²) in [7, 11) is 0. The fraction of sp³-hybridized carbons (Fsp3) is 1.00. The molecule has 1 heterocycles. The largest absolute Gasteiger partial charge is 0.316 e. The van der Waals surface area contributed by atoms with E-state index in [1.54, 1.807) is 0 Å². The summed E-state index contributed by atoms with van der Waals surface area (Å²) in [5, 5.41) is 3.63. The third kappa shape index (κ3) is 0.693. The van der Waals surface area contributed by atoms with Crippen molar-refractivity contribution in [2.45, 2.75) is 39.0 Å². The summed E-state index contributed by atoms with van der Waals surface area (Å²) in [5.74, 6) is 1.10. The fourth-order valence-electron chi connectivity index (χ4n) is 3.96. The molecule has 2 aliphatic carbocycles. The Morgan fingerprint density at radius 3 is 3.08 bits per heavy atom. The molecule has 1 nitrogen and oxygen atoms in total. The first kappa shape index (κ1) is 7.37. The normalized spacial score (nSPS) is 57.2. The molecule has 68 valence electrons. The monoisotopic (exact) mass is 165 g/mol. The maximum absolute atomic E-state index is 3.63. The predicted octanol–water partition coefficient (Wildman–Crippen LogP) is 2.18. The minimum Gasteiger partial charge on any atom is -0.316 e. The van der Waals surface area contributed by atoms with Crippen molar-refractivity contribution in [3.05, 3.63) is 0 Å². The molecule has 1 heteroatoms. The van der Waals surface area contributed by atoms with E-state index in [1.165, 1.54) is 45.2 Å². The van der Waals surface area contributed by atoms with Crippen LogP contribution in [-0.4, -0.2) is 13.1 Å². The van der Waals surface area contributed by atoms with Gasteiger partial charge in [0.25, 0.3) is 0 Å². The van der Waals surface area contributed by atoms with E-state index in [0.29, 0.717) is 0 Å². The van der Waals surface area contributed by atoms with E-state index < -0.39 is 0 Å². The average Bonchev–Trinajstić information content (AvgIpc) is 2.74. The van der Waals surface area contributed by atoms with Crippen molar-refractivity contribution >= 4 is 0 Å². The second-order valence-corrected chi connectivity index (χ2v) is 5.44. The first-order chi connectivity index (χ1) is 5.77. The van der Waals surface area contributed by atoms with Gasteiger partial charge in [-0.3, -0.25) is 0 Å². The minimum absolute atomic E-state index is 0.723. The molecule has 3 fully saturated rings. The standard InChI is InChI=1S/C11H19N/c1-10-4-2-6-12-8-11(10)7-9(11)3-5-10/h9,12H,2-8H2,1H3. The van der Waals surface area contributed by atoms with Crippen molar-refractivity contribution in [1.82, 2.24) is 5.32 Å². The molecule has 1 spiro atoms. The second-order valence-electron chi connectivity index (χ2n) is 5.44. The molecule has 0 aromatic rings. The quantitative estimate of drug-likeness (QED) is 0.580. The molecule has 0 aromatic heterocycles. The van der Waals surface area contributed by atoms with Crippen LogP contribution in [0.5, 0.6) is 0 Å². The van der Waals surface area contributed by atoms with Gasteiger partial charge in [-0.1, -0.05) is 6.92 Å². The van der Waals surface area contributed by atoms with Gasteiger partial charge in [0.2, 0.25) is 0 Å². The third-order valence-corrected chi connectivity index (χ3v) is 5.00. The van der Waals surface area contributed by atoms with Crippen LogP contribution in [0.4, 0.5) is 0 Å². The van der Waals surface area contributed by atoms with Crippen LogP contribution in [0.15, 0.2) is 0 Å². The van der Waals surface area contributed by atoms with E-state index in [0.717, 1.165) is 16.7 Å². The minimum atomic E-state index is 0.723. The Morgan fingerprint density at radius 2 is 2.25 bits per heavy atom. The second kappa shape index (κ2) is 2.06. The van der Waals surface area contributed by atoms with Crippen LogP contribution in [0.3, 0.4) is 0 Å². The van der Waals surface area contributed by atoms with E-state index in [4.69, 9.17) is 0 Å². The average molecular weight is 165 g/mol. The van der Waals surface area contributed by atoms with Crippen LogP contribution in [0.25, 0.3) is 0 Å². The van der Waals surface area contributed by atoms with Crippen molar-refractivity contribution in [2.75, 3.05) is 13.1 Å². The highest BCUT2D eigenvalue weighted by Gasteiger charge is 2.67. The molecule has 2 saturated carbocycles. The van der Waals surface area contributed by atoms with Gasteiger partial charge < -0.3 is 5.32 Å². The highest BCUT2D eigenvalue weighted by Crippen LogP contribution is 2.73. The topological polar surface area (TPSA) is 12.0 Å². The third-order valence-electron chi connectivity index (χ3n) is 5.00. The van der Waals surface area contributed by atoms with Gasteiger partial charge in [-0.05, 0) is 55.4 Å². The predicted molar refractivity (Wildman–Crippen MR) is 50.0 cm³/mol. The Bertz CT molecular complexity index is 207. The van der Waals surface area contributed by atoms with E-state index >= 15 is 0 Å². The Balaban J connectivity index is 1.94. The molecule has 3 rings (SSSR count). The van der Waals surface area contributed by atoms with Crippen molar-refractivity contribution in [2.24, 2.45) is 16.7 Å². The summed E-state index contributed by atoms with van der Waals surface area (Å²) >= 11 is 0. The smallest absolute Gasteiger partial charge is 0.00158 e. The molecular formula is C11H19N. The summed E-state index contributed by atoms with van der Waals surface area (Å²) in [6.45, 7) is 5.14. The molecular weight excluding hydrogens is 146 g/mol. The van der Waals surface area contributed by atoms with E-state index in [9.17, 15) is 0 Å². The highest BCUT2D eigenvalue weighted by atomic mass is 14.9. The maximum Gasteiger partial charge on any atom is 0.00158 e. The Hall–Kier alpha value is -0.0400. The van der Waals surface area contributed by atoms with Crippen LogP contribution < -0.4 is 5.32 Å². The van der Waals surface area contributed by atoms with Crippen molar-refractivity contribution in [3.8, 4) is 0 Å². The van der Waals surface area contributed by atoms with Gasteiger partial charge in [-0.25, -0.2) is 0 Å². The zero-order valence-electron chi connectivity index (χ0n) is 8.03. The molecule has 0 amide bonds. The Morgan fingerprint density at radius 1 is 1.33 bits per heavy atom. The molecule has 1 N–H and O–H groups in total. The van der Waals surface area contributed by atoms with Gasteiger partial charge in [0.15, 0.2) is 0 Å². The van der Waals surface area contributed by atoms with Gasteiger partial charge in [0, 0.05) is 6.54 Å². The van der Waals surface area contributed by atoms with Gasteiger partial charge >= 0.3 is 0 Å². The number of hydrogen-bond acceptors (Lipinski definition) is 1. The Labute approximate surface area is 74.9 Å². The molecule has 3 atom stereocenters. The molecule has 0 radical (unpaired) electrons. The van der Waals surface area contributed by atoms with Gasteiger partial charge in [-0.2, -0.15) is 0 Å². The van der Waals surface area contributed by atoms with Crippen LogP contribution >= 0.6 is 0 Å². The van der Waals surface area contributed by atoms with Crippen LogP contribution in [0.1, 0.15) is 39.0 Å². The van der Waals surface area contributed by atoms with Crippen LogP contribution in [-0.2, 0) is 0 Å². The summed E-state index contributed by atoms with van der Waals surface area (Å²) in [5.41, 5.74) is 1.49. The number of hydrogen-bond donors (Lipinski definition) is 1. The van der Waals surface area contributed by atoms with E-state index in [1.807, 2.05) is 0 Å². The van der Waals surface area contributed by atoms with E-state index in [2.05, 4.69) is 12.2 Å². The number of nitrogens with one attached hydrogen (secondary N) is 1. The van der Waals surface area contributed by atoms with Gasteiger partial charge in [-0.15, -0.1) is 0 Å². The van der Waals surface area contributed by atoms with E-state index in [-0.39, 0.29) is 0 Å². The summed E-state index contributed by atoms with van der Waals surface area (Å²) in [6.07, 6.45) is 7.47. The molecule has 3 aliphatic rings. The van der Waals surface area contributed by atoms with Gasteiger partial charge in [0.1, 0.15) is 0 Å². The lowest BCUT2D eigenvalue weighted by atomic mass is 9.72. The van der Waals surface area contributed by atoms with Crippen molar-refractivity contribution in [1.29, 1.82) is 0 Å². The van der Waals surface area contributed by atoms with Crippen molar-refractivity contribution < 1.29 is 0 Å².